The number of amides is 1. The lowest BCUT2D eigenvalue weighted by Gasteiger charge is -2.31. The smallest absolute Gasteiger partial charge is 0.227 e. The minimum absolute atomic E-state index is 0.245. The maximum atomic E-state index is 12.1. The Balaban J connectivity index is 1.85. The summed E-state index contributed by atoms with van der Waals surface area (Å²) in [6.07, 6.45) is 2.64. The highest BCUT2D eigenvalue weighted by molar-refractivity contribution is 9.11. The first-order chi connectivity index (χ1) is 8.19. The molecule has 0 aromatic carbocycles. The number of rotatable bonds is 3. The SMILES string of the molecule is NCC1CCN(C(=O)Cc2ccc(Br)s2)CC1. The van der Waals surface area contributed by atoms with Crippen molar-refractivity contribution in [2.45, 2.75) is 19.3 Å². The molecule has 1 aliphatic rings. The van der Waals surface area contributed by atoms with Gasteiger partial charge in [-0.25, -0.2) is 0 Å². The van der Waals surface area contributed by atoms with E-state index in [1.54, 1.807) is 11.3 Å². The summed E-state index contributed by atoms with van der Waals surface area (Å²) < 4.78 is 1.09. The average molecular weight is 317 g/mol. The van der Waals surface area contributed by atoms with E-state index in [0.29, 0.717) is 12.3 Å². The Bertz CT molecular complexity index is 386. The van der Waals surface area contributed by atoms with Crippen molar-refractivity contribution in [3.8, 4) is 0 Å². The Hall–Kier alpha value is -0.390. The molecule has 2 N–H and O–H groups in total. The normalized spacial score (nSPS) is 17.4. The van der Waals surface area contributed by atoms with Crippen molar-refractivity contribution >= 4 is 33.2 Å². The van der Waals surface area contributed by atoms with E-state index in [0.717, 1.165) is 41.1 Å². The third-order valence-electron chi connectivity index (χ3n) is 3.25. The Labute approximate surface area is 114 Å². The summed E-state index contributed by atoms with van der Waals surface area (Å²) in [4.78, 5) is 15.2. The van der Waals surface area contributed by atoms with E-state index < -0.39 is 0 Å². The third kappa shape index (κ3) is 3.53. The molecule has 0 radical (unpaired) electrons. The van der Waals surface area contributed by atoms with Crippen molar-refractivity contribution in [2.24, 2.45) is 11.7 Å². The van der Waals surface area contributed by atoms with E-state index in [1.165, 1.54) is 0 Å². The minimum atomic E-state index is 0.245. The van der Waals surface area contributed by atoms with E-state index in [9.17, 15) is 4.79 Å². The van der Waals surface area contributed by atoms with Crippen molar-refractivity contribution in [3.63, 3.8) is 0 Å². The van der Waals surface area contributed by atoms with Gasteiger partial charge in [0.2, 0.25) is 5.91 Å². The van der Waals surface area contributed by atoms with E-state index >= 15 is 0 Å². The second-order valence-corrected chi connectivity index (χ2v) is 6.99. The van der Waals surface area contributed by atoms with Crippen LogP contribution in [0.4, 0.5) is 0 Å². The van der Waals surface area contributed by atoms with Crippen LogP contribution in [0.1, 0.15) is 17.7 Å². The Morgan fingerprint density at radius 3 is 2.71 bits per heavy atom. The topological polar surface area (TPSA) is 46.3 Å². The van der Waals surface area contributed by atoms with Crippen LogP contribution < -0.4 is 5.73 Å². The number of carbonyl (C=O) groups excluding carboxylic acids is 1. The first-order valence-electron chi connectivity index (χ1n) is 5.91. The van der Waals surface area contributed by atoms with Gasteiger partial charge in [-0.1, -0.05) is 0 Å². The molecular weight excluding hydrogens is 300 g/mol. The third-order valence-corrected chi connectivity index (χ3v) is 4.88. The highest BCUT2D eigenvalue weighted by Gasteiger charge is 2.22. The maximum Gasteiger partial charge on any atom is 0.227 e. The van der Waals surface area contributed by atoms with Gasteiger partial charge >= 0.3 is 0 Å². The lowest BCUT2D eigenvalue weighted by Crippen LogP contribution is -2.40. The number of carbonyl (C=O) groups is 1. The van der Waals surface area contributed by atoms with Crippen LogP contribution in [0.15, 0.2) is 15.9 Å². The molecule has 1 aliphatic heterocycles. The van der Waals surface area contributed by atoms with Crippen LogP contribution in [0.5, 0.6) is 0 Å². The van der Waals surface area contributed by atoms with E-state index in [4.69, 9.17) is 5.73 Å². The van der Waals surface area contributed by atoms with Gasteiger partial charge in [0.15, 0.2) is 0 Å². The Morgan fingerprint density at radius 1 is 1.47 bits per heavy atom. The summed E-state index contributed by atoms with van der Waals surface area (Å²) >= 11 is 5.05. The molecule has 0 saturated carbocycles. The quantitative estimate of drug-likeness (QED) is 0.929. The van der Waals surface area contributed by atoms with Crippen molar-refractivity contribution < 1.29 is 4.79 Å². The van der Waals surface area contributed by atoms with Crippen LogP contribution in [0.3, 0.4) is 0 Å². The number of likely N-dealkylation sites (tertiary alicyclic amines) is 1. The monoisotopic (exact) mass is 316 g/mol. The number of thiophene rings is 1. The van der Waals surface area contributed by atoms with Crippen LogP contribution in [0, 0.1) is 5.92 Å². The molecule has 0 bridgehead atoms. The summed E-state index contributed by atoms with van der Waals surface area (Å²) in [5, 5.41) is 0. The zero-order chi connectivity index (χ0) is 12.3. The summed E-state index contributed by atoms with van der Waals surface area (Å²) in [5.41, 5.74) is 5.64. The molecule has 1 aromatic heterocycles. The molecule has 2 rings (SSSR count). The van der Waals surface area contributed by atoms with Crippen LogP contribution in [-0.2, 0) is 11.2 Å². The summed E-state index contributed by atoms with van der Waals surface area (Å²) in [7, 11) is 0. The zero-order valence-corrected chi connectivity index (χ0v) is 12.1. The second kappa shape index (κ2) is 5.98. The Kier molecular flexibility index (Phi) is 4.59. The fraction of sp³-hybridized carbons (Fsp3) is 0.583. The minimum Gasteiger partial charge on any atom is -0.342 e. The van der Waals surface area contributed by atoms with Gasteiger partial charge in [-0.3, -0.25) is 4.79 Å². The van der Waals surface area contributed by atoms with Gasteiger partial charge in [-0.15, -0.1) is 11.3 Å². The molecule has 0 spiro atoms. The van der Waals surface area contributed by atoms with Gasteiger partial charge in [0.05, 0.1) is 10.2 Å². The molecular formula is C12H17BrN2OS. The van der Waals surface area contributed by atoms with E-state index in [1.807, 2.05) is 17.0 Å². The van der Waals surface area contributed by atoms with Gasteiger partial charge in [-0.2, -0.15) is 0 Å². The maximum absolute atomic E-state index is 12.1. The van der Waals surface area contributed by atoms with Crippen LogP contribution in [-0.4, -0.2) is 30.4 Å². The van der Waals surface area contributed by atoms with Gasteiger partial charge in [0.25, 0.3) is 0 Å². The highest BCUT2D eigenvalue weighted by atomic mass is 79.9. The molecule has 5 heteroatoms. The number of nitrogens with zero attached hydrogens (tertiary/aromatic N) is 1. The molecule has 1 saturated heterocycles. The lowest BCUT2D eigenvalue weighted by atomic mass is 9.97. The predicted molar refractivity (Wildman–Crippen MR) is 74.1 cm³/mol. The number of hydrogen-bond donors (Lipinski definition) is 1. The zero-order valence-electron chi connectivity index (χ0n) is 9.69. The first kappa shape index (κ1) is 13.1. The molecule has 2 heterocycles. The second-order valence-electron chi connectivity index (χ2n) is 4.44. The average Bonchev–Trinajstić information content (AvgIpc) is 2.75. The van der Waals surface area contributed by atoms with Crippen molar-refractivity contribution in [3.05, 3.63) is 20.8 Å². The van der Waals surface area contributed by atoms with Crippen molar-refractivity contribution in [2.75, 3.05) is 19.6 Å². The van der Waals surface area contributed by atoms with Crippen LogP contribution in [0.25, 0.3) is 0 Å². The number of hydrogen-bond acceptors (Lipinski definition) is 3. The molecule has 0 aliphatic carbocycles. The summed E-state index contributed by atoms with van der Waals surface area (Å²) in [6.45, 7) is 2.49. The standard InChI is InChI=1S/C12H17BrN2OS/c13-11-2-1-10(17-11)7-12(16)15-5-3-9(8-14)4-6-15/h1-2,9H,3-8,14H2. The largest absolute Gasteiger partial charge is 0.342 e. The predicted octanol–water partition coefficient (Wildman–Crippen LogP) is 2.25. The molecule has 1 amide bonds. The molecule has 0 atom stereocenters. The number of piperidine rings is 1. The summed E-state index contributed by atoms with van der Waals surface area (Å²) in [6, 6.07) is 4.01. The fourth-order valence-electron chi connectivity index (χ4n) is 2.13. The van der Waals surface area contributed by atoms with Gasteiger partial charge in [0.1, 0.15) is 0 Å². The first-order valence-corrected chi connectivity index (χ1v) is 7.52. The molecule has 1 fully saturated rings. The van der Waals surface area contributed by atoms with Crippen LogP contribution >= 0.6 is 27.3 Å². The Morgan fingerprint density at radius 2 is 2.18 bits per heavy atom. The number of nitrogens with two attached hydrogens (primary N) is 1. The van der Waals surface area contributed by atoms with Crippen molar-refractivity contribution in [1.82, 2.24) is 4.90 Å². The number of halogens is 1. The molecule has 17 heavy (non-hydrogen) atoms. The summed E-state index contributed by atoms with van der Waals surface area (Å²) in [5.74, 6) is 0.852. The molecule has 94 valence electrons. The van der Waals surface area contributed by atoms with Gasteiger partial charge < -0.3 is 10.6 Å². The van der Waals surface area contributed by atoms with E-state index in [2.05, 4.69) is 15.9 Å². The molecule has 0 unspecified atom stereocenters. The van der Waals surface area contributed by atoms with E-state index in [-0.39, 0.29) is 5.91 Å². The van der Waals surface area contributed by atoms with Crippen LogP contribution in [0.2, 0.25) is 0 Å². The fourth-order valence-corrected chi connectivity index (χ4v) is 3.60. The lowest BCUT2D eigenvalue weighted by molar-refractivity contribution is -0.131. The van der Waals surface area contributed by atoms with Gasteiger partial charge in [0, 0.05) is 18.0 Å². The highest BCUT2D eigenvalue weighted by Crippen LogP contribution is 2.23. The molecule has 3 nitrogen and oxygen atoms in total. The van der Waals surface area contributed by atoms with Gasteiger partial charge in [-0.05, 0) is 53.4 Å². The van der Waals surface area contributed by atoms with Crippen molar-refractivity contribution in [1.29, 1.82) is 0 Å². The molecule has 1 aromatic rings.